The number of ether oxygens (including phenoxy) is 1. The number of nitrogens with one attached hydrogen (secondary N) is 2. The van der Waals surface area contributed by atoms with E-state index in [9.17, 15) is 4.79 Å². The third-order valence-electron chi connectivity index (χ3n) is 4.67. The minimum Gasteiger partial charge on any atom is -0.465 e. The number of carbonyl (C=O) groups excluding carboxylic acids is 1. The number of carbonyl (C=O) groups is 1. The van der Waals surface area contributed by atoms with E-state index >= 15 is 0 Å². The molecule has 0 saturated carbocycles. The van der Waals surface area contributed by atoms with Crippen molar-refractivity contribution in [2.45, 2.75) is 33.1 Å². The number of hydrogen-bond acceptors (Lipinski definition) is 4. The number of hydrogen-bond donors (Lipinski definition) is 2. The molecule has 2 rings (SSSR count). The number of thiocarbonyl (C=S) groups is 1. The first-order valence-corrected chi connectivity index (χ1v) is 9.37. The Morgan fingerprint density at radius 2 is 2.24 bits per heavy atom. The van der Waals surface area contributed by atoms with E-state index in [1.807, 2.05) is 19.1 Å². The van der Waals surface area contributed by atoms with Crippen molar-refractivity contribution in [1.29, 1.82) is 0 Å². The van der Waals surface area contributed by atoms with Gasteiger partial charge >= 0.3 is 5.97 Å². The van der Waals surface area contributed by atoms with Gasteiger partial charge in [0.1, 0.15) is 0 Å². The highest BCUT2D eigenvalue weighted by Crippen LogP contribution is 2.19. The number of esters is 1. The van der Waals surface area contributed by atoms with Crippen LogP contribution in [0.2, 0.25) is 0 Å². The second kappa shape index (κ2) is 9.73. The highest BCUT2D eigenvalue weighted by Gasteiger charge is 2.15. The Balaban J connectivity index is 1.76. The van der Waals surface area contributed by atoms with Gasteiger partial charge in [-0.2, -0.15) is 0 Å². The third kappa shape index (κ3) is 5.97. The molecule has 1 aliphatic heterocycles. The van der Waals surface area contributed by atoms with Crippen LogP contribution in [0, 0.1) is 12.8 Å². The number of anilines is 1. The molecule has 6 heteroatoms. The van der Waals surface area contributed by atoms with Gasteiger partial charge < -0.3 is 20.3 Å². The van der Waals surface area contributed by atoms with Crippen LogP contribution in [0.1, 0.15) is 42.1 Å². The van der Waals surface area contributed by atoms with Gasteiger partial charge in [-0.15, -0.1) is 0 Å². The maximum atomic E-state index is 11.8. The fourth-order valence-corrected chi connectivity index (χ4v) is 3.48. The highest BCUT2D eigenvalue weighted by atomic mass is 32.1. The molecule has 138 valence electrons. The Hall–Kier alpha value is -1.66. The van der Waals surface area contributed by atoms with Crippen LogP contribution in [0.3, 0.4) is 0 Å². The van der Waals surface area contributed by atoms with Crippen molar-refractivity contribution in [3.8, 4) is 0 Å². The molecule has 2 N–H and O–H groups in total. The molecule has 0 aliphatic carbocycles. The number of methoxy groups -OCH3 is 1. The Bertz CT molecular complexity index is 606. The summed E-state index contributed by atoms with van der Waals surface area (Å²) in [7, 11) is 1.39. The number of rotatable bonds is 6. The molecule has 0 aromatic heterocycles. The van der Waals surface area contributed by atoms with Crippen LogP contribution in [-0.2, 0) is 4.74 Å². The van der Waals surface area contributed by atoms with Gasteiger partial charge in [0.25, 0.3) is 0 Å². The largest absolute Gasteiger partial charge is 0.465 e. The van der Waals surface area contributed by atoms with Crippen LogP contribution in [0.15, 0.2) is 18.2 Å². The molecule has 0 unspecified atom stereocenters. The lowest BCUT2D eigenvalue weighted by atomic mass is 10.0. The van der Waals surface area contributed by atoms with Gasteiger partial charge in [0.2, 0.25) is 0 Å². The van der Waals surface area contributed by atoms with Crippen molar-refractivity contribution in [2.75, 3.05) is 38.6 Å². The molecule has 1 heterocycles. The fraction of sp³-hybridized carbons (Fsp3) is 0.579. The normalized spacial score (nSPS) is 17.8. The van der Waals surface area contributed by atoms with Crippen LogP contribution in [0.5, 0.6) is 0 Å². The summed E-state index contributed by atoms with van der Waals surface area (Å²) in [4.78, 5) is 14.3. The van der Waals surface area contributed by atoms with Crippen molar-refractivity contribution >= 4 is 29.0 Å². The molecule has 0 bridgehead atoms. The summed E-state index contributed by atoms with van der Waals surface area (Å²) in [5, 5.41) is 7.00. The Morgan fingerprint density at radius 1 is 1.44 bits per heavy atom. The lowest BCUT2D eigenvalue weighted by Gasteiger charge is -2.30. The zero-order chi connectivity index (χ0) is 18.2. The predicted octanol–water partition coefficient (Wildman–Crippen LogP) is 3.19. The van der Waals surface area contributed by atoms with Gasteiger partial charge in [0.05, 0.1) is 12.7 Å². The molecule has 1 fully saturated rings. The summed E-state index contributed by atoms with van der Waals surface area (Å²) < 4.78 is 4.80. The molecule has 1 atom stereocenters. The van der Waals surface area contributed by atoms with Crippen molar-refractivity contribution in [3.05, 3.63) is 29.3 Å². The SMILES string of the molecule is COC(=O)c1cccc(NC(=S)NCCCN2CCC[C@@H](C)C2)c1C. The third-order valence-corrected chi connectivity index (χ3v) is 4.91. The Labute approximate surface area is 156 Å². The topological polar surface area (TPSA) is 53.6 Å². The minimum absolute atomic E-state index is 0.337. The van der Waals surface area contributed by atoms with Gasteiger partial charge in [-0.3, -0.25) is 0 Å². The van der Waals surface area contributed by atoms with E-state index in [1.165, 1.54) is 33.0 Å². The first-order valence-electron chi connectivity index (χ1n) is 8.96. The van der Waals surface area contributed by atoms with Crippen molar-refractivity contribution < 1.29 is 9.53 Å². The first kappa shape index (κ1) is 19.7. The van der Waals surface area contributed by atoms with Crippen molar-refractivity contribution in [3.63, 3.8) is 0 Å². The van der Waals surface area contributed by atoms with E-state index in [1.54, 1.807) is 6.07 Å². The van der Waals surface area contributed by atoms with Gasteiger partial charge in [-0.1, -0.05) is 13.0 Å². The molecule has 0 radical (unpaired) electrons. The van der Waals surface area contributed by atoms with E-state index in [0.717, 1.165) is 36.7 Å². The fourth-order valence-electron chi connectivity index (χ4n) is 3.26. The number of piperidine rings is 1. The van der Waals surface area contributed by atoms with Crippen LogP contribution in [-0.4, -0.2) is 49.3 Å². The number of likely N-dealkylation sites (tertiary alicyclic amines) is 1. The molecular weight excluding hydrogens is 334 g/mol. The van der Waals surface area contributed by atoms with E-state index < -0.39 is 0 Å². The summed E-state index contributed by atoms with van der Waals surface area (Å²) in [5.41, 5.74) is 2.21. The van der Waals surface area contributed by atoms with Crippen LogP contribution >= 0.6 is 12.2 Å². The molecule has 1 aromatic rings. The number of benzene rings is 1. The summed E-state index contributed by atoms with van der Waals surface area (Å²) >= 11 is 5.37. The molecule has 5 nitrogen and oxygen atoms in total. The summed E-state index contributed by atoms with van der Waals surface area (Å²) in [5.74, 6) is 0.477. The monoisotopic (exact) mass is 363 g/mol. The van der Waals surface area contributed by atoms with E-state index in [2.05, 4.69) is 22.5 Å². The molecule has 0 spiro atoms. The molecule has 0 amide bonds. The maximum absolute atomic E-state index is 11.8. The minimum atomic E-state index is -0.337. The summed E-state index contributed by atoms with van der Waals surface area (Å²) in [6.07, 6.45) is 3.73. The smallest absolute Gasteiger partial charge is 0.338 e. The van der Waals surface area contributed by atoms with Crippen LogP contribution < -0.4 is 10.6 Å². The zero-order valence-corrected chi connectivity index (χ0v) is 16.2. The number of nitrogens with zero attached hydrogens (tertiary/aromatic N) is 1. The van der Waals surface area contributed by atoms with Crippen molar-refractivity contribution in [1.82, 2.24) is 10.2 Å². The average molecular weight is 364 g/mol. The van der Waals surface area contributed by atoms with Crippen molar-refractivity contribution in [2.24, 2.45) is 5.92 Å². The average Bonchev–Trinajstić information content (AvgIpc) is 2.60. The van der Waals surface area contributed by atoms with E-state index in [-0.39, 0.29) is 5.97 Å². The van der Waals surface area contributed by atoms with Gasteiger partial charge in [-0.25, -0.2) is 4.79 Å². The zero-order valence-electron chi connectivity index (χ0n) is 15.4. The molecular formula is C19H29N3O2S. The molecule has 1 aromatic carbocycles. The quantitative estimate of drug-likeness (QED) is 0.460. The van der Waals surface area contributed by atoms with Crippen LogP contribution in [0.4, 0.5) is 5.69 Å². The summed E-state index contributed by atoms with van der Waals surface area (Å²) in [6.45, 7) is 8.58. The lowest BCUT2D eigenvalue weighted by Crippen LogP contribution is -2.37. The maximum Gasteiger partial charge on any atom is 0.338 e. The second-order valence-corrected chi connectivity index (χ2v) is 7.16. The van der Waals surface area contributed by atoms with Gasteiger partial charge in [0.15, 0.2) is 5.11 Å². The summed E-state index contributed by atoms with van der Waals surface area (Å²) in [6, 6.07) is 5.48. The Morgan fingerprint density at radius 3 is 2.96 bits per heavy atom. The van der Waals surface area contributed by atoms with Gasteiger partial charge in [0, 0.05) is 18.8 Å². The second-order valence-electron chi connectivity index (χ2n) is 6.75. The molecule has 1 saturated heterocycles. The van der Waals surface area contributed by atoms with E-state index in [0.29, 0.717) is 10.7 Å². The highest BCUT2D eigenvalue weighted by molar-refractivity contribution is 7.80. The lowest BCUT2D eigenvalue weighted by molar-refractivity contribution is 0.0600. The Kier molecular flexibility index (Phi) is 7.65. The predicted molar refractivity (Wildman–Crippen MR) is 106 cm³/mol. The molecule has 1 aliphatic rings. The van der Waals surface area contributed by atoms with Crippen LogP contribution in [0.25, 0.3) is 0 Å². The van der Waals surface area contributed by atoms with Gasteiger partial charge in [-0.05, 0) is 75.1 Å². The first-order chi connectivity index (χ1) is 12.0. The standard InChI is InChI=1S/C19H29N3O2S/c1-14-7-5-11-22(13-14)12-6-10-20-19(25)21-17-9-4-8-16(15(17)2)18(23)24-3/h4,8-9,14H,5-7,10-13H2,1-3H3,(H2,20,21,25)/t14-/m1/s1. The molecule has 25 heavy (non-hydrogen) atoms. The van der Waals surface area contributed by atoms with E-state index in [4.69, 9.17) is 17.0 Å².